The fourth-order valence-electron chi connectivity index (χ4n) is 10.8. The number of primary amides is 1. The number of amides is 6. The van der Waals surface area contributed by atoms with E-state index in [9.17, 15) is 24.0 Å². The van der Waals surface area contributed by atoms with E-state index >= 15 is 0 Å². The number of para-hydroxylation sites is 1. The summed E-state index contributed by atoms with van der Waals surface area (Å²) in [4.78, 5) is 74.6. The SMILES string of the molecule is NC(=O)c1c(-c2ccc(Oc3ccccc3)cc2)nn2c1NCCC2C1CCN(C(=O)N2CCN(CC3CCN(c4ccc5c(c4)CN(C4CCC(=O)NC4=O)C5=O)CC3)CC2)CC1. The van der Waals surface area contributed by atoms with Gasteiger partial charge in [0, 0.05) is 95.2 Å². The molecule has 0 saturated carbocycles. The van der Waals surface area contributed by atoms with Crippen LogP contribution in [0.15, 0.2) is 72.8 Å². The van der Waals surface area contributed by atoms with Crippen LogP contribution in [0.5, 0.6) is 11.5 Å². The first kappa shape index (κ1) is 41.6. The van der Waals surface area contributed by atoms with Crippen molar-refractivity contribution in [3.8, 4) is 22.8 Å². The minimum Gasteiger partial charge on any atom is -0.457 e. The van der Waals surface area contributed by atoms with Crippen molar-refractivity contribution in [3.05, 3.63) is 89.5 Å². The van der Waals surface area contributed by atoms with Gasteiger partial charge in [0.15, 0.2) is 0 Å². The van der Waals surface area contributed by atoms with E-state index in [1.54, 1.807) is 4.90 Å². The lowest BCUT2D eigenvalue weighted by Gasteiger charge is -2.42. The summed E-state index contributed by atoms with van der Waals surface area (Å²) in [6.45, 7) is 8.59. The third kappa shape index (κ3) is 8.26. The van der Waals surface area contributed by atoms with Gasteiger partial charge in [-0.05, 0) is 111 Å². The normalized spacial score (nSPS) is 22.2. The molecule has 7 heterocycles. The Hall–Kier alpha value is -6.42. The number of ether oxygens (including phenoxy) is 1. The first-order valence-corrected chi connectivity index (χ1v) is 22.9. The maximum absolute atomic E-state index is 13.8. The molecular formula is C48H56N10O6. The van der Waals surface area contributed by atoms with Crippen molar-refractivity contribution in [1.29, 1.82) is 0 Å². The highest BCUT2D eigenvalue weighted by Crippen LogP contribution is 2.41. The van der Waals surface area contributed by atoms with Crippen LogP contribution >= 0.6 is 0 Å². The average molecular weight is 869 g/mol. The molecule has 0 spiro atoms. The quantitative estimate of drug-likeness (QED) is 0.196. The molecule has 2 atom stereocenters. The topological polar surface area (TPSA) is 179 Å². The molecule has 0 aliphatic carbocycles. The highest BCUT2D eigenvalue weighted by molar-refractivity contribution is 6.06. The Morgan fingerprint density at radius 3 is 2.22 bits per heavy atom. The summed E-state index contributed by atoms with van der Waals surface area (Å²) in [5.74, 6) is 1.66. The summed E-state index contributed by atoms with van der Waals surface area (Å²) in [5.41, 5.74) is 10.4. The van der Waals surface area contributed by atoms with Crippen LogP contribution in [0.3, 0.4) is 0 Å². The van der Waals surface area contributed by atoms with Gasteiger partial charge in [-0.3, -0.25) is 29.4 Å². The molecular weight excluding hydrogens is 813 g/mol. The van der Waals surface area contributed by atoms with Crippen molar-refractivity contribution in [1.82, 2.24) is 34.7 Å². The van der Waals surface area contributed by atoms with Crippen LogP contribution in [0.25, 0.3) is 11.3 Å². The number of piperidine rings is 3. The molecule has 3 aromatic carbocycles. The van der Waals surface area contributed by atoms with E-state index in [0.717, 1.165) is 107 Å². The zero-order valence-corrected chi connectivity index (χ0v) is 36.1. The molecule has 1 aromatic heterocycles. The lowest BCUT2D eigenvalue weighted by Crippen LogP contribution is -2.55. The van der Waals surface area contributed by atoms with Gasteiger partial charge in [-0.1, -0.05) is 18.2 Å². The first-order valence-electron chi connectivity index (χ1n) is 22.9. The largest absolute Gasteiger partial charge is 0.457 e. The van der Waals surface area contributed by atoms with Gasteiger partial charge < -0.3 is 35.4 Å². The van der Waals surface area contributed by atoms with Gasteiger partial charge in [-0.15, -0.1) is 0 Å². The zero-order valence-electron chi connectivity index (χ0n) is 36.1. The number of piperazine rings is 1. The van der Waals surface area contributed by atoms with Crippen molar-refractivity contribution in [2.75, 3.05) is 75.7 Å². The lowest BCUT2D eigenvalue weighted by molar-refractivity contribution is -0.136. The zero-order chi connectivity index (χ0) is 43.9. The van der Waals surface area contributed by atoms with Crippen molar-refractivity contribution >= 4 is 41.2 Å². The molecule has 16 nitrogen and oxygen atoms in total. The molecule has 64 heavy (non-hydrogen) atoms. The van der Waals surface area contributed by atoms with Crippen LogP contribution < -0.4 is 26.0 Å². The van der Waals surface area contributed by atoms with E-state index in [2.05, 4.69) is 26.5 Å². The summed E-state index contributed by atoms with van der Waals surface area (Å²) in [6, 6.07) is 22.8. The molecule has 6 aliphatic rings. The molecule has 16 heteroatoms. The summed E-state index contributed by atoms with van der Waals surface area (Å²) in [5, 5.41) is 10.8. The van der Waals surface area contributed by atoms with E-state index in [4.69, 9.17) is 15.6 Å². The Kier molecular flexibility index (Phi) is 11.5. The second-order valence-corrected chi connectivity index (χ2v) is 18.2. The molecule has 6 amide bonds. The maximum Gasteiger partial charge on any atom is 0.320 e. The summed E-state index contributed by atoms with van der Waals surface area (Å²) in [7, 11) is 0. The van der Waals surface area contributed by atoms with Crippen molar-refractivity contribution in [3.63, 3.8) is 0 Å². The third-order valence-electron chi connectivity index (χ3n) is 14.3. The Morgan fingerprint density at radius 1 is 0.781 bits per heavy atom. The van der Waals surface area contributed by atoms with Crippen molar-refractivity contribution < 1.29 is 28.7 Å². The number of benzene rings is 3. The van der Waals surface area contributed by atoms with Crippen LogP contribution in [-0.4, -0.2) is 131 Å². The number of aromatic nitrogens is 2. The fraction of sp³-hybridized carbons (Fsp3) is 0.458. The Labute approximate surface area is 372 Å². The second-order valence-electron chi connectivity index (χ2n) is 18.2. The maximum atomic E-state index is 13.8. The van der Waals surface area contributed by atoms with Gasteiger partial charge in [-0.25, -0.2) is 9.48 Å². The summed E-state index contributed by atoms with van der Waals surface area (Å²) < 4.78 is 7.96. The van der Waals surface area contributed by atoms with Crippen molar-refractivity contribution in [2.45, 2.75) is 63.6 Å². The molecule has 4 aromatic rings. The fourth-order valence-corrected chi connectivity index (χ4v) is 10.8. The molecule has 10 rings (SSSR count). The van der Waals surface area contributed by atoms with Gasteiger partial charge in [0.1, 0.15) is 34.6 Å². The number of hydrogen-bond donors (Lipinski definition) is 3. The Morgan fingerprint density at radius 2 is 1.50 bits per heavy atom. The number of likely N-dealkylation sites (tertiary alicyclic amines) is 1. The van der Waals surface area contributed by atoms with E-state index in [1.807, 2.05) is 81.2 Å². The highest BCUT2D eigenvalue weighted by atomic mass is 16.5. The van der Waals surface area contributed by atoms with Crippen LogP contribution in [0.4, 0.5) is 16.3 Å². The minimum atomic E-state index is -0.610. The number of nitrogens with zero attached hydrogens (tertiary/aromatic N) is 7. The number of anilines is 2. The van der Waals surface area contributed by atoms with E-state index in [-0.39, 0.29) is 36.2 Å². The van der Waals surface area contributed by atoms with E-state index in [0.29, 0.717) is 66.3 Å². The van der Waals surface area contributed by atoms with Gasteiger partial charge in [0.2, 0.25) is 11.8 Å². The molecule has 2 unspecified atom stereocenters. The number of fused-ring (bicyclic) bond motifs is 2. The predicted molar refractivity (Wildman–Crippen MR) is 240 cm³/mol. The summed E-state index contributed by atoms with van der Waals surface area (Å²) in [6.07, 6.45) is 5.36. The van der Waals surface area contributed by atoms with Gasteiger partial charge >= 0.3 is 6.03 Å². The standard InChI is InChI=1S/C48H56N10O6/c49-44(60)42-43(33-6-9-37(10-7-33)64-36-4-2-1-3-5-36)52-58-39(14-19-50-45(42)58)32-17-22-55(23-18-32)48(63)56-26-24-53(25-27-56)29-31-15-20-54(21-16-31)35-8-11-38-34(28-35)30-57(47(38)62)40-12-13-41(59)51-46(40)61/h1-11,28,31-32,39-40,50H,12-27,29-30H2,(H2,49,60)(H,51,59,61). The lowest BCUT2D eigenvalue weighted by atomic mass is 9.87. The van der Waals surface area contributed by atoms with Crippen LogP contribution in [0, 0.1) is 11.8 Å². The molecule has 4 N–H and O–H groups in total. The number of rotatable bonds is 9. The second kappa shape index (κ2) is 17.6. The van der Waals surface area contributed by atoms with Gasteiger partial charge in [0.05, 0.1) is 6.04 Å². The highest BCUT2D eigenvalue weighted by Gasteiger charge is 2.40. The van der Waals surface area contributed by atoms with Crippen LogP contribution in [0.2, 0.25) is 0 Å². The van der Waals surface area contributed by atoms with Gasteiger partial charge in [0.25, 0.3) is 11.8 Å². The van der Waals surface area contributed by atoms with Crippen LogP contribution in [-0.2, 0) is 16.1 Å². The molecule has 6 aliphatic heterocycles. The number of urea groups is 1. The Balaban J connectivity index is 0.685. The number of nitrogens with one attached hydrogen (secondary N) is 2. The molecule has 334 valence electrons. The molecule has 4 saturated heterocycles. The number of hydrogen-bond acceptors (Lipinski definition) is 10. The number of carbonyl (C=O) groups is 5. The molecule has 4 fully saturated rings. The summed E-state index contributed by atoms with van der Waals surface area (Å²) >= 11 is 0. The van der Waals surface area contributed by atoms with Crippen molar-refractivity contribution in [2.24, 2.45) is 17.6 Å². The number of carbonyl (C=O) groups excluding carboxylic acids is 5. The molecule has 0 radical (unpaired) electrons. The van der Waals surface area contributed by atoms with Crippen LogP contribution in [0.1, 0.15) is 77.3 Å². The average Bonchev–Trinajstić information content (AvgIpc) is 3.88. The smallest absolute Gasteiger partial charge is 0.320 e. The monoisotopic (exact) mass is 868 g/mol. The van der Waals surface area contributed by atoms with E-state index in [1.165, 1.54) is 0 Å². The number of imide groups is 1. The van der Waals surface area contributed by atoms with Gasteiger partial charge in [-0.2, -0.15) is 5.10 Å². The predicted octanol–water partition coefficient (Wildman–Crippen LogP) is 4.93. The van der Waals surface area contributed by atoms with E-state index < -0.39 is 11.9 Å². The first-order chi connectivity index (χ1) is 31.2. The third-order valence-corrected chi connectivity index (χ3v) is 14.3. The Bertz CT molecular complexity index is 2420. The number of nitrogens with two attached hydrogens (primary N) is 1. The minimum absolute atomic E-state index is 0.0911. The molecule has 0 bridgehead atoms.